The van der Waals surface area contributed by atoms with E-state index in [4.69, 9.17) is 5.26 Å². The van der Waals surface area contributed by atoms with Crippen LogP contribution in [0.15, 0.2) is 24.3 Å². The highest BCUT2D eigenvalue weighted by Gasteiger charge is 2.17. The molecule has 4 heteroatoms. The van der Waals surface area contributed by atoms with Gasteiger partial charge in [-0.05, 0) is 37.0 Å². The second kappa shape index (κ2) is 6.91. The molecule has 19 heavy (non-hydrogen) atoms. The normalized spacial score (nSPS) is 15.7. The molecular weight excluding hydrogens is 238 g/mol. The van der Waals surface area contributed by atoms with Gasteiger partial charge in [-0.15, -0.1) is 0 Å². The topological polar surface area (TPSA) is 57.3 Å². The fourth-order valence-electron chi connectivity index (χ4n) is 2.46. The zero-order valence-electron chi connectivity index (χ0n) is 11.1. The largest absolute Gasteiger partial charge is 0.327 e. The van der Waals surface area contributed by atoms with Crippen LogP contribution in [0.5, 0.6) is 0 Å². The molecular formula is C15H20N3O+. The first-order valence-corrected chi connectivity index (χ1v) is 6.87. The monoisotopic (exact) mass is 258 g/mol. The summed E-state index contributed by atoms with van der Waals surface area (Å²) in [6.07, 6.45) is 4.16. The number of nitrogens with zero attached hydrogens (tertiary/aromatic N) is 1. The van der Waals surface area contributed by atoms with Crippen LogP contribution in [0, 0.1) is 11.3 Å². The van der Waals surface area contributed by atoms with Crippen LogP contribution in [0.25, 0.3) is 0 Å². The lowest BCUT2D eigenvalue weighted by molar-refractivity contribution is -0.896. The van der Waals surface area contributed by atoms with Crippen LogP contribution < -0.4 is 10.2 Å². The van der Waals surface area contributed by atoms with Gasteiger partial charge in [-0.1, -0.05) is 12.1 Å². The number of hydrogen-bond donors (Lipinski definition) is 2. The second-order valence-electron chi connectivity index (χ2n) is 5.07. The van der Waals surface area contributed by atoms with E-state index in [9.17, 15) is 4.79 Å². The number of nitrogens with one attached hydrogen (secondary N) is 2. The van der Waals surface area contributed by atoms with Gasteiger partial charge < -0.3 is 10.2 Å². The SMILES string of the molecule is N#CCc1ccc(NC(=O)C[NH+]2CCCCC2)cc1. The van der Waals surface area contributed by atoms with E-state index in [1.54, 1.807) is 0 Å². The van der Waals surface area contributed by atoms with Crippen LogP contribution in [0.2, 0.25) is 0 Å². The average molecular weight is 258 g/mol. The number of hydrogen-bond acceptors (Lipinski definition) is 2. The van der Waals surface area contributed by atoms with Gasteiger partial charge in [0.1, 0.15) is 0 Å². The van der Waals surface area contributed by atoms with Crippen molar-refractivity contribution in [2.75, 3.05) is 25.0 Å². The van der Waals surface area contributed by atoms with Gasteiger partial charge in [-0.2, -0.15) is 5.26 Å². The Morgan fingerprint density at radius 1 is 1.21 bits per heavy atom. The van der Waals surface area contributed by atoms with Gasteiger partial charge in [-0.25, -0.2) is 0 Å². The lowest BCUT2D eigenvalue weighted by Gasteiger charge is -2.22. The molecule has 2 rings (SSSR count). The summed E-state index contributed by atoms with van der Waals surface area (Å²) in [6.45, 7) is 2.77. The Labute approximate surface area is 114 Å². The number of carbonyl (C=O) groups excluding carboxylic acids is 1. The molecule has 1 aromatic carbocycles. The van der Waals surface area contributed by atoms with Gasteiger partial charge in [-0.3, -0.25) is 4.79 Å². The Morgan fingerprint density at radius 3 is 2.53 bits per heavy atom. The number of carbonyl (C=O) groups is 1. The quantitative estimate of drug-likeness (QED) is 0.837. The molecule has 1 amide bonds. The van der Waals surface area contributed by atoms with Crippen molar-refractivity contribution in [3.8, 4) is 6.07 Å². The summed E-state index contributed by atoms with van der Waals surface area (Å²) in [6, 6.07) is 9.59. The summed E-state index contributed by atoms with van der Waals surface area (Å²) in [5, 5.41) is 11.5. The number of likely N-dealkylation sites (tertiary alicyclic amines) is 1. The van der Waals surface area contributed by atoms with Gasteiger partial charge in [0.25, 0.3) is 5.91 Å². The van der Waals surface area contributed by atoms with Crippen molar-refractivity contribution in [2.45, 2.75) is 25.7 Å². The smallest absolute Gasteiger partial charge is 0.279 e. The summed E-state index contributed by atoms with van der Waals surface area (Å²) >= 11 is 0. The van der Waals surface area contributed by atoms with E-state index < -0.39 is 0 Å². The van der Waals surface area contributed by atoms with Crippen LogP contribution in [-0.2, 0) is 11.2 Å². The van der Waals surface area contributed by atoms with Crippen LogP contribution >= 0.6 is 0 Å². The predicted octanol–water partition coefficient (Wildman–Crippen LogP) is 0.760. The third-order valence-corrected chi connectivity index (χ3v) is 3.49. The maximum absolute atomic E-state index is 11.9. The first-order valence-electron chi connectivity index (χ1n) is 6.87. The molecule has 0 bridgehead atoms. The molecule has 0 saturated carbocycles. The molecule has 0 aliphatic carbocycles. The summed E-state index contributed by atoms with van der Waals surface area (Å²) in [7, 11) is 0. The Kier molecular flexibility index (Phi) is 4.93. The molecule has 0 spiro atoms. The number of rotatable bonds is 4. The van der Waals surface area contributed by atoms with Crippen molar-refractivity contribution in [2.24, 2.45) is 0 Å². The van der Waals surface area contributed by atoms with Crippen molar-refractivity contribution in [1.82, 2.24) is 0 Å². The minimum absolute atomic E-state index is 0.0740. The molecule has 1 aliphatic heterocycles. The summed E-state index contributed by atoms with van der Waals surface area (Å²) in [5.74, 6) is 0.0740. The van der Waals surface area contributed by atoms with Crippen molar-refractivity contribution in [3.05, 3.63) is 29.8 Å². The predicted molar refractivity (Wildman–Crippen MR) is 73.8 cm³/mol. The van der Waals surface area contributed by atoms with Crippen molar-refractivity contribution in [1.29, 1.82) is 5.26 Å². The number of quaternary nitrogens is 1. The molecule has 0 radical (unpaired) electrons. The standard InChI is InChI=1S/C15H19N3O/c16-9-8-13-4-6-14(7-5-13)17-15(19)12-18-10-2-1-3-11-18/h4-7H,1-3,8,10-12H2,(H,17,19)/p+1. The average Bonchev–Trinajstić information content (AvgIpc) is 2.42. The van der Waals surface area contributed by atoms with E-state index in [0.29, 0.717) is 13.0 Å². The second-order valence-corrected chi connectivity index (χ2v) is 5.07. The highest BCUT2D eigenvalue weighted by Crippen LogP contribution is 2.09. The molecule has 2 N–H and O–H groups in total. The molecule has 1 heterocycles. The fourth-order valence-corrected chi connectivity index (χ4v) is 2.46. The maximum atomic E-state index is 11.9. The molecule has 1 aromatic rings. The van der Waals surface area contributed by atoms with Crippen molar-refractivity contribution < 1.29 is 9.69 Å². The van der Waals surface area contributed by atoms with E-state index >= 15 is 0 Å². The van der Waals surface area contributed by atoms with Gasteiger partial charge in [0.05, 0.1) is 25.6 Å². The Balaban J connectivity index is 1.82. The lowest BCUT2D eigenvalue weighted by Crippen LogP contribution is -3.13. The fraction of sp³-hybridized carbons (Fsp3) is 0.467. The molecule has 1 saturated heterocycles. The highest BCUT2D eigenvalue weighted by molar-refractivity contribution is 5.91. The zero-order valence-corrected chi connectivity index (χ0v) is 11.1. The number of nitriles is 1. The summed E-state index contributed by atoms with van der Waals surface area (Å²) < 4.78 is 0. The van der Waals surface area contributed by atoms with E-state index in [1.165, 1.54) is 24.2 Å². The molecule has 1 fully saturated rings. The van der Waals surface area contributed by atoms with Gasteiger partial charge >= 0.3 is 0 Å². The molecule has 0 aromatic heterocycles. The zero-order chi connectivity index (χ0) is 13.5. The highest BCUT2D eigenvalue weighted by atomic mass is 16.2. The van der Waals surface area contributed by atoms with Gasteiger partial charge in [0.2, 0.25) is 0 Å². The number of benzene rings is 1. The minimum Gasteiger partial charge on any atom is -0.327 e. The molecule has 0 unspecified atom stereocenters. The Morgan fingerprint density at radius 2 is 1.89 bits per heavy atom. The summed E-state index contributed by atoms with van der Waals surface area (Å²) in [4.78, 5) is 13.3. The van der Waals surface area contributed by atoms with E-state index in [1.807, 2.05) is 24.3 Å². The van der Waals surface area contributed by atoms with Crippen LogP contribution in [-0.4, -0.2) is 25.5 Å². The summed E-state index contributed by atoms with van der Waals surface area (Å²) in [5.41, 5.74) is 1.78. The molecule has 100 valence electrons. The van der Waals surface area contributed by atoms with E-state index in [0.717, 1.165) is 24.3 Å². The number of anilines is 1. The Bertz CT molecular complexity index is 455. The first-order chi connectivity index (χ1) is 9.28. The lowest BCUT2D eigenvalue weighted by atomic mass is 10.1. The van der Waals surface area contributed by atoms with Gasteiger partial charge in [0, 0.05) is 5.69 Å². The van der Waals surface area contributed by atoms with Crippen LogP contribution in [0.1, 0.15) is 24.8 Å². The Hall–Kier alpha value is -1.86. The molecule has 4 nitrogen and oxygen atoms in total. The van der Waals surface area contributed by atoms with Crippen molar-refractivity contribution in [3.63, 3.8) is 0 Å². The number of piperidine rings is 1. The van der Waals surface area contributed by atoms with Crippen molar-refractivity contribution >= 4 is 11.6 Å². The minimum atomic E-state index is 0.0740. The maximum Gasteiger partial charge on any atom is 0.279 e. The number of amides is 1. The van der Waals surface area contributed by atoms with Gasteiger partial charge in [0.15, 0.2) is 6.54 Å². The first kappa shape index (κ1) is 13.6. The van der Waals surface area contributed by atoms with Crippen LogP contribution in [0.3, 0.4) is 0 Å². The molecule has 1 aliphatic rings. The van der Waals surface area contributed by atoms with Crippen LogP contribution in [0.4, 0.5) is 5.69 Å². The third-order valence-electron chi connectivity index (χ3n) is 3.49. The molecule has 0 atom stereocenters. The van der Waals surface area contributed by atoms with E-state index in [2.05, 4.69) is 11.4 Å². The third kappa shape index (κ3) is 4.38. The van der Waals surface area contributed by atoms with E-state index in [-0.39, 0.29) is 5.91 Å².